The first-order chi connectivity index (χ1) is 8.94. The molecule has 0 aliphatic heterocycles. The first-order valence-electron chi connectivity index (χ1n) is 5.65. The molecule has 104 valence electrons. The molecule has 0 spiro atoms. The highest BCUT2D eigenvalue weighted by Crippen LogP contribution is 2.12. The predicted octanol–water partition coefficient (Wildman–Crippen LogP) is -0.611. The second-order valence-corrected chi connectivity index (χ2v) is 5.87. The van der Waals surface area contributed by atoms with Crippen LogP contribution >= 0.6 is 0 Å². The zero-order chi connectivity index (χ0) is 14.0. The van der Waals surface area contributed by atoms with E-state index in [1.54, 1.807) is 17.9 Å². The fraction of sp³-hybridized carbons (Fsp3) is 0.400. The summed E-state index contributed by atoms with van der Waals surface area (Å²) in [6.45, 7) is 2.11. The number of H-pyrrole nitrogens is 1. The number of rotatable bonds is 5. The lowest BCUT2D eigenvalue weighted by Crippen LogP contribution is -2.25. The van der Waals surface area contributed by atoms with Crippen LogP contribution in [0.5, 0.6) is 0 Å². The first kappa shape index (κ1) is 13.7. The van der Waals surface area contributed by atoms with Crippen LogP contribution in [-0.2, 0) is 30.2 Å². The monoisotopic (exact) mass is 284 g/mol. The smallest absolute Gasteiger partial charge is 0.258 e. The van der Waals surface area contributed by atoms with E-state index in [9.17, 15) is 8.42 Å². The van der Waals surface area contributed by atoms with E-state index in [-0.39, 0.29) is 18.1 Å². The lowest BCUT2D eigenvalue weighted by molar-refractivity contribution is 0.575. The lowest BCUT2D eigenvalue weighted by atomic mass is 10.3. The summed E-state index contributed by atoms with van der Waals surface area (Å²) in [6.07, 6.45) is 3.18. The van der Waals surface area contributed by atoms with Crippen LogP contribution in [0.1, 0.15) is 16.8 Å². The number of hydrogen-bond acceptors (Lipinski definition) is 5. The first-order valence-corrected chi connectivity index (χ1v) is 7.13. The second-order valence-electron chi connectivity index (χ2n) is 4.17. The van der Waals surface area contributed by atoms with E-state index in [2.05, 4.69) is 20.0 Å². The normalized spacial score (nSPS) is 11.9. The van der Waals surface area contributed by atoms with Gasteiger partial charge in [-0.15, -0.1) is 0 Å². The highest BCUT2D eigenvalue weighted by atomic mass is 32.2. The molecule has 0 bridgehead atoms. The third kappa shape index (κ3) is 2.83. The molecule has 19 heavy (non-hydrogen) atoms. The van der Waals surface area contributed by atoms with Crippen LogP contribution in [-0.4, -0.2) is 28.4 Å². The Hall–Kier alpha value is -1.71. The second kappa shape index (κ2) is 5.11. The molecule has 0 aromatic carbocycles. The van der Waals surface area contributed by atoms with Crippen LogP contribution in [0, 0.1) is 6.92 Å². The molecule has 2 aromatic rings. The molecule has 0 amide bonds. The summed E-state index contributed by atoms with van der Waals surface area (Å²) in [5.41, 5.74) is 7.52. The van der Waals surface area contributed by atoms with Gasteiger partial charge in [-0.2, -0.15) is 10.2 Å². The maximum Gasteiger partial charge on any atom is 0.258 e. The summed E-state index contributed by atoms with van der Waals surface area (Å²) in [4.78, 5) is 0. The summed E-state index contributed by atoms with van der Waals surface area (Å²) >= 11 is 0. The molecule has 4 N–H and O–H groups in total. The van der Waals surface area contributed by atoms with E-state index in [0.717, 1.165) is 11.3 Å². The number of aromatic nitrogens is 4. The Morgan fingerprint density at radius 3 is 2.79 bits per heavy atom. The van der Waals surface area contributed by atoms with Gasteiger partial charge in [0.2, 0.25) is 0 Å². The summed E-state index contributed by atoms with van der Waals surface area (Å²) in [7, 11) is -1.87. The van der Waals surface area contributed by atoms with Gasteiger partial charge < -0.3 is 5.73 Å². The van der Waals surface area contributed by atoms with Crippen LogP contribution < -0.4 is 10.5 Å². The Kier molecular flexibility index (Phi) is 3.69. The Morgan fingerprint density at radius 2 is 2.21 bits per heavy atom. The van der Waals surface area contributed by atoms with E-state index < -0.39 is 10.0 Å². The van der Waals surface area contributed by atoms with Crippen molar-refractivity contribution in [1.82, 2.24) is 24.7 Å². The Balaban J connectivity index is 2.17. The molecular weight excluding hydrogens is 268 g/mol. The summed E-state index contributed by atoms with van der Waals surface area (Å²) in [5.74, 6) is 0. The Morgan fingerprint density at radius 1 is 1.47 bits per heavy atom. The molecule has 0 fully saturated rings. The molecule has 2 rings (SSSR count). The van der Waals surface area contributed by atoms with Crippen molar-refractivity contribution in [3.63, 3.8) is 0 Å². The quantitative estimate of drug-likeness (QED) is 0.676. The fourth-order valence-corrected chi connectivity index (χ4v) is 2.89. The zero-order valence-electron chi connectivity index (χ0n) is 10.7. The van der Waals surface area contributed by atoms with Gasteiger partial charge in [-0.05, 0) is 6.92 Å². The van der Waals surface area contributed by atoms with E-state index in [1.807, 2.05) is 6.92 Å². The minimum absolute atomic E-state index is 0.0107. The number of nitrogens with one attached hydrogen (secondary N) is 2. The highest BCUT2D eigenvalue weighted by molar-refractivity contribution is 7.89. The van der Waals surface area contributed by atoms with Crippen molar-refractivity contribution in [3.05, 3.63) is 29.2 Å². The van der Waals surface area contributed by atoms with Gasteiger partial charge in [-0.3, -0.25) is 9.78 Å². The molecule has 0 aliphatic carbocycles. The van der Waals surface area contributed by atoms with Crippen LogP contribution in [0.25, 0.3) is 0 Å². The molecule has 0 saturated heterocycles. The average molecular weight is 284 g/mol. The van der Waals surface area contributed by atoms with Crippen LogP contribution in [0.2, 0.25) is 0 Å². The number of sulfonamides is 1. The maximum atomic E-state index is 12.1. The van der Waals surface area contributed by atoms with Crippen molar-refractivity contribution in [3.8, 4) is 0 Å². The molecule has 2 aromatic heterocycles. The molecule has 0 atom stereocenters. The van der Waals surface area contributed by atoms with Crippen LogP contribution in [0.4, 0.5) is 0 Å². The van der Waals surface area contributed by atoms with Crippen LogP contribution in [0.15, 0.2) is 17.4 Å². The highest BCUT2D eigenvalue weighted by Gasteiger charge is 2.20. The van der Waals surface area contributed by atoms with Crippen molar-refractivity contribution < 1.29 is 8.42 Å². The van der Waals surface area contributed by atoms with Gasteiger partial charge in [-0.1, -0.05) is 0 Å². The number of aryl methyl sites for hydroxylation is 2. The average Bonchev–Trinajstić information content (AvgIpc) is 2.93. The van der Waals surface area contributed by atoms with E-state index in [4.69, 9.17) is 5.73 Å². The lowest BCUT2D eigenvalue weighted by Gasteiger charge is -2.05. The van der Waals surface area contributed by atoms with E-state index in [1.165, 1.54) is 6.20 Å². The molecule has 2 heterocycles. The molecule has 0 aliphatic rings. The van der Waals surface area contributed by atoms with Gasteiger partial charge >= 0.3 is 0 Å². The van der Waals surface area contributed by atoms with Crippen molar-refractivity contribution >= 4 is 10.0 Å². The van der Waals surface area contributed by atoms with Crippen molar-refractivity contribution in [2.24, 2.45) is 12.8 Å². The van der Waals surface area contributed by atoms with E-state index >= 15 is 0 Å². The molecule has 0 saturated carbocycles. The standard InChI is InChI=1S/C10H16N6O2S/c1-7-9(6-16(2)15-7)5-13-19(17,18)10-8(3-11)4-12-14-10/h4,6,13H,3,5,11H2,1-2H3,(H,12,14). The third-order valence-electron chi connectivity index (χ3n) is 2.73. The molecule has 8 nitrogen and oxygen atoms in total. The number of aromatic amines is 1. The van der Waals surface area contributed by atoms with Crippen molar-refractivity contribution in [2.45, 2.75) is 25.0 Å². The predicted molar refractivity (Wildman–Crippen MR) is 68.4 cm³/mol. The Bertz CT molecular complexity index is 672. The Labute approximate surface area is 111 Å². The minimum Gasteiger partial charge on any atom is -0.326 e. The maximum absolute atomic E-state index is 12.1. The van der Waals surface area contributed by atoms with Gasteiger partial charge in [0, 0.05) is 37.5 Å². The topological polar surface area (TPSA) is 119 Å². The van der Waals surface area contributed by atoms with Crippen LogP contribution in [0.3, 0.4) is 0 Å². The number of hydrogen-bond donors (Lipinski definition) is 3. The van der Waals surface area contributed by atoms with E-state index in [0.29, 0.717) is 5.56 Å². The van der Waals surface area contributed by atoms with Gasteiger partial charge in [0.15, 0.2) is 5.03 Å². The minimum atomic E-state index is -3.65. The number of nitrogens with two attached hydrogens (primary N) is 1. The fourth-order valence-electron chi connectivity index (χ4n) is 1.74. The third-order valence-corrected chi connectivity index (χ3v) is 4.15. The summed E-state index contributed by atoms with van der Waals surface area (Å²) in [5, 5.41) is 10.3. The van der Waals surface area contributed by atoms with Gasteiger partial charge in [0.1, 0.15) is 0 Å². The molecule has 9 heteroatoms. The molecule has 0 unspecified atom stereocenters. The van der Waals surface area contributed by atoms with Gasteiger partial charge in [0.05, 0.1) is 11.9 Å². The van der Waals surface area contributed by atoms with Crippen molar-refractivity contribution in [2.75, 3.05) is 0 Å². The largest absolute Gasteiger partial charge is 0.326 e. The SMILES string of the molecule is Cc1nn(C)cc1CNS(=O)(=O)c1[nH]ncc1CN. The molecular formula is C10H16N6O2S. The van der Waals surface area contributed by atoms with Gasteiger partial charge in [0.25, 0.3) is 10.0 Å². The number of nitrogens with zero attached hydrogens (tertiary/aromatic N) is 3. The summed E-state index contributed by atoms with van der Waals surface area (Å²) < 4.78 is 28.3. The molecule has 0 radical (unpaired) electrons. The summed E-state index contributed by atoms with van der Waals surface area (Å²) in [6, 6.07) is 0. The van der Waals surface area contributed by atoms with Crippen molar-refractivity contribution in [1.29, 1.82) is 0 Å². The zero-order valence-corrected chi connectivity index (χ0v) is 11.5. The van der Waals surface area contributed by atoms with Gasteiger partial charge in [-0.25, -0.2) is 13.1 Å².